The van der Waals surface area contributed by atoms with Crippen molar-refractivity contribution in [1.29, 1.82) is 0 Å². The zero-order chi connectivity index (χ0) is 12.4. The van der Waals surface area contributed by atoms with E-state index in [9.17, 15) is 9.59 Å². The molecule has 0 unspecified atom stereocenters. The third-order valence-electron chi connectivity index (χ3n) is 3.10. The van der Waals surface area contributed by atoms with Gasteiger partial charge in [0.05, 0.1) is 12.0 Å². The van der Waals surface area contributed by atoms with Gasteiger partial charge in [0.25, 0.3) is 0 Å². The van der Waals surface area contributed by atoms with Gasteiger partial charge in [-0.05, 0) is 12.0 Å². The van der Waals surface area contributed by atoms with E-state index in [1.165, 1.54) is 4.90 Å². The number of hydrogen-bond donors (Lipinski definition) is 2. The zero-order valence-corrected chi connectivity index (χ0v) is 9.11. The Kier molecular flexibility index (Phi) is 2.99. The fraction of sp³-hybridized carbons (Fsp3) is 0.333. The molecule has 0 aliphatic carbocycles. The Morgan fingerprint density at radius 1 is 1.18 bits per heavy atom. The number of aliphatic carboxylic acids is 1. The molecule has 1 aromatic rings. The minimum atomic E-state index is -1.07. The van der Waals surface area contributed by atoms with Gasteiger partial charge in [-0.2, -0.15) is 0 Å². The lowest BCUT2D eigenvalue weighted by Crippen LogP contribution is -2.32. The first-order valence-electron chi connectivity index (χ1n) is 5.38. The van der Waals surface area contributed by atoms with Crippen molar-refractivity contribution in [3.63, 3.8) is 0 Å². The van der Waals surface area contributed by atoms with Gasteiger partial charge in [-0.1, -0.05) is 30.3 Å². The highest BCUT2D eigenvalue weighted by molar-refractivity contribution is 5.75. The van der Waals surface area contributed by atoms with Crippen LogP contribution in [0, 0.1) is 5.92 Å². The molecule has 5 nitrogen and oxygen atoms in total. The quantitative estimate of drug-likeness (QED) is 0.819. The number of carboxylic acid groups (broad SMARTS) is 2. The molecule has 2 N–H and O–H groups in total. The molecule has 90 valence electrons. The van der Waals surface area contributed by atoms with Crippen LogP contribution in [-0.4, -0.2) is 33.7 Å². The fourth-order valence-electron chi connectivity index (χ4n) is 2.33. The lowest BCUT2D eigenvalue weighted by Gasteiger charge is -2.24. The SMILES string of the molecule is O=C(O)[C@H]1CCN(C(=O)O)[C@@H]1c1ccccc1. The standard InChI is InChI=1S/C12H13NO4/c14-11(15)9-6-7-13(12(16)17)10(9)8-4-2-1-3-5-8/h1-5,9-10H,6-7H2,(H,14,15)(H,16,17)/t9-,10+/m0/s1. The molecule has 5 heteroatoms. The normalized spacial score (nSPS) is 23.6. The second-order valence-electron chi connectivity index (χ2n) is 4.06. The number of amides is 1. The van der Waals surface area contributed by atoms with Crippen molar-refractivity contribution in [3.05, 3.63) is 35.9 Å². The van der Waals surface area contributed by atoms with Crippen LogP contribution < -0.4 is 0 Å². The maximum absolute atomic E-state index is 11.1. The van der Waals surface area contributed by atoms with Gasteiger partial charge in [-0.15, -0.1) is 0 Å². The molecular weight excluding hydrogens is 222 g/mol. The highest BCUT2D eigenvalue weighted by atomic mass is 16.4. The van der Waals surface area contributed by atoms with Crippen LogP contribution >= 0.6 is 0 Å². The summed E-state index contributed by atoms with van der Waals surface area (Å²) in [6, 6.07) is 8.34. The van der Waals surface area contributed by atoms with E-state index < -0.39 is 24.0 Å². The van der Waals surface area contributed by atoms with Gasteiger partial charge < -0.3 is 15.1 Å². The van der Waals surface area contributed by atoms with Crippen molar-refractivity contribution >= 4 is 12.1 Å². The molecule has 0 radical (unpaired) electrons. The van der Waals surface area contributed by atoms with Gasteiger partial charge in [0.2, 0.25) is 0 Å². The summed E-state index contributed by atoms with van der Waals surface area (Å²) in [7, 11) is 0. The number of nitrogens with zero attached hydrogens (tertiary/aromatic N) is 1. The van der Waals surface area contributed by atoms with Gasteiger partial charge in [-0.25, -0.2) is 4.79 Å². The molecule has 1 amide bonds. The molecule has 0 bridgehead atoms. The first-order chi connectivity index (χ1) is 8.11. The van der Waals surface area contributed by atoms with E-state index in [1.54, 1.807) is 24.3 Å². The van der Waals surface area contributed by atoms with Crippen molar-refractivity contribution in [1.82, 2.24) is 4.90 Å². The molecule has 2 rings (SSSR count). The third kappa shape index (κ3) is 2.08. The molecule has 1 heterocycles. The van der Waals surface area contributed by atoms with Crippen LogP contribution in [-0.2, 0) is 4.79 Å². The maximum atomic E-state index is 11.1. The molecule has 0 aromatic heterocycles. The van der Waals surface area contributed by atoms with Crippen LogP contribution in [0.15, 0.2) is 30.3 Å². The molecule has 0 spiro atoms. The number of likely N-dealkylation sites (tertiary alicyclic amines) is 1. The number of rotatable bonds is 2. The summed E-state index contributed by atoms with van der Waals surface area (Å²) < 4.78 is 0. The van der Waals surface area contributed by atoms with E-state index >= 15 is 0 Å². The molecule has 17 heavy (non-hydrogen) atoms. The van der Waals surface area contributed by atoms with E-state index in [1.807, 2.05) is 6.07 Å². The van der Waals surface area contributed by atoms with Crippen LogP contribution in [0.3, 0.4) is 0 Å². The van der Waals surface area contributed by atoms with Crippen LogP contribution in [0.1, 0.15) is 18.0 Å². The summed E-state index contributed by atoms with van der Waals surface area (Å²) in [5.41, 5.74) is 0.736. The van der Waals surface area contributed by atoms with Crippen molar-refractivity contribution in [2.75, 3.05) is 6.54 Å². The molecule has 0 saturated carbocycles. The summed E-state index contributed by atoms with van der Waals surface area (Å²) in [6.07, 6.45) is -0.705. The van der Waals surface area contributed by atoms with Crippen LogP contribution in [0.5, 0.6) is 0 Å². The van der Waals surface area contributed by atoms with Gasteiger partial charge in [0.15, 0.2) is 0 Å². The van der Waals surface area contributed by atoms with Crippen molar-refractivity contribution < 1.29 is 19.8 Å². The first kappa shape index (κ1) is 11.4. The first-order valence-corrected chi connectivity index (χ1v) is 5.38. The lowest BCUT2D eigenvalue weighted by molar-refractivity contribution is -0.142. The van der Waals surface area contributed by atoms with E-state index in [-0.39, 0.29) is 6.54 Å². The summed E-state index contributed by atoms with van der Waals surface area (Å²) in [5.74, 6) is -1.60. The van der Waals surface area contributed by atoms with Crippen LogP contribution in [0.25, 0.3) is 0 Å². The second kappa shape index (κ2) is 4.45. The molecule has 1 aliphatic rings. The largest absolute Gasteiger partial charge is 0.481 e. The third-order valence-corrected chi connectivity index (χ3v) is 3.10. The maximum Gasteiger partial charge on any atom is 0.407 e. The number of hydrogen-bond acceptors (Lipinski definition) is 2. The van der Waals surface area contributed by atoms with Crippen LogP contribution in [0.2, 0.25) is 0 Å². The highest BCUT2D eigenvalue weighted by Gasteiger charge is 2.41. The highest BCUT2D eigenvalue weighted by Crippen LogP contribution is 2.37. The topological polar surface area (TPSA) is 77.8 Å². The summed E-state index contributed by atoms with van der Waals surface area (Å²) in [5, 5.41) is 18.2. The average Bonchev–Trinajstić information content (AvgIpc) is 2.74. The van der Waals surface area contributed by atoms with E-state index in [0.29, 0.717) is 6.42 Å². The van der Waals surface area contributed by atoms with Gasteiger partial charge in [-0.3, -0.25) is 4.79 Å². The Hall–Kier alpha value is -2.04. The Balaban J connectivity index is 2.36. The lowest BCUT2D eigenvalue weighted by atomic mass is 9.94. The Labute approximate surface area is 98.3 Å². The van der Waals surface area contributed by atoms with Crippen molar-refractivity contribution in [3.8, 4) is 0 Å². The minimum Gasteiger partial charge on any atom is -0.481 e. The number of carbonyl (C=O) groups is 2. The molecular formula is C12H13NO4. The van der Waals surface area contributed by atoms with Gasteiger partial charge in [0.1, 0.15) is 0 Å². The molecule has 1 aliphatic heterocycles. The summed E-state index contributed by atoms with van der Waals surface area (Å²) >= 11 is 0. The minimum absolute atomic E-state index is 0.270. The fourth-order valence-corrected chi connectivity index (χ4v) is 2.33. The molecule has 1 fully saturated rings. The monoisotopic (exact) mass is 235 g/mol. The number of benzene rings is 1. The summed E-state index contributed by atoms with van der Waals surface area (Å²) in [6.45, 7) is 0.270. The Bertz CT molecular complexity index is 409. The Morgan fingerprint density at radius 2 is 1.82 bits per heavy atom. The number of carboxylic acids is 1. The van der Waals surface area contributed by atoms with E-state index in [4.69, 9.17) is 10.2 Å². The second-order valence-corrected chi connectivity index (χ2v) is 4.06. The molecule has 1 saturated heterocycles. The van der Waals surface area contributed by atoms with Crippen molar-refractivity contribution in [2.45, 2.75) is 12.5 Å². The predicted molar refractivity (Wildman–Crippen MR) is 59.7 cm³/mol. The predicted octanol–water partition coefficient (Wildman–Crippen LogP) is 1.81. The average molecular weight is 235 g/mol. The molecule has 2 atom stereocenters. The smallest absolute Gasteiger partial charge is 0.407 e. The van der Waals surface area contributed by atoms with Crippen LogP contribution in [0.4, 0.5) is 4.79 Å². The van der Waals surface area contributed by atoms with Crippen molar-refractivity contribution in [2.24, 2.45) is 5.92 Å². The Morgan fingerprint density at radius 3 is 2.35 bits per heavy atom. The van der Waals surface area contributed by atoms with Gasteiger partial charge in [0, 0.05) is 6.54 Å². The van der Waals surface area contributed by atoms with Gasteiger partial charge >= 0.3 is 12.1 Å². The van der Waals surface area contributed by atoms with E-state index in [2.05, 4.69) is 0 Å². The zero-order valence-electron chi connectivity index (χ0n) is 9.11. The van der Waals surface area contributed by atoms with E-state index in [0.717, 1.165) is 5.56 Å². The molecule has 1 aromatic carbocycles. The summed E-state index contributed by atoms with van der Waals surface area (Å²) in [4.78, 5) is 23.4.